The number of para-hydroxylation sites is 1. The Morgan fingerprint density at radius 1 is 1.43 bits per heavy atom. The SMILES string of the molecule is NC(=S)N(N)Cc1cccc(O)c1O. The van der Waals surface area contributed by atoms with Crippen LogP contribution in [0.5, 0.6) is 11.5 Å². The largest absolute Gasteiger partial charge is 0.504 e. The third-order valence-corrected chi connectivity index (χ3v) is 1.96. The van der Waals surface area contributed by atoms with Crippen LogP contribution in [0.25, 0.3) is 0 Å². The van der Waals surface area contributed by atoms with Gasteiger partial charge < -0.3 is 15.9 Å². The van der Waals surface area contributed by atoms with Crippen molar-refractivity contribution in [3.05, 3.63) is 23.8 Å². The molecule has 0 bridgehead atoms. The van der Waals surface area contributed by atoms with E-state index < -0.39 is 0 Å². The molecule has 0 spiro atoms. The molecule has 14 heavy (non-hydrogen) atoms. The van der Waals surface area contributed by atoms with Crippen molar-refractivity contribution >= 4 is 17.3 Å². The van der Waals surface area contributed by atoms with Gasteiger partial charge in [0.1, 0.15) is 0 Å². The van der Waals surface area contributed by atoms with E-state index in [2.05, 4.69) is 12.2 Å². The fourth-order valence-corrected chi connectivity index (χ4v) is 1.03. The van der Waals surface area contributed by atoms with Crippen LogP contribution in [-0.4, -0.2) is 20.3 Å². The summed E-state index contributed by atoms with van der Waals surface area (Å²) in [6.45, 7) is 0.148. The van der Waals surface area contributed by atoms with Crippen molar-refractivity contribution < 1.29 is 10.2 Å². The lowest BCUT2D eigenvalue weighted by Crippen LogP contribution is -2.40. The number of hydrazine groups is 1. The molecule has 0 amide bonds. The lowest BCUT2D eigenvalue weighted by molar-refractivity contribution is 0.381. The molecule has 1 aromatic carbocycles. The Morgan fingerprint density at radius 2 is 2.07 bits per heavy atom. The molecule has 6 heteroatoms. The molecule has 0 aromatic heterocycles. The van der Waals surface area contributed by atoms with Gasteiger partial charge in [0.15, 0.2) is 16.6 Å². The highest BCUT2D eigenvalue weighted by molar-refractivity contribution is 7.80. The quantitative estimate of drug-likeness (QED) is 0.239. The first-order chi connectivity index (χ1) is 6.52. The number of nitrogens with two attached hydrogens (primary N) is 2. The molecular weight excluding hydrogens is 202 g/mol. The number of thiocarbonyl (C=S) groups is 1. The molecule has 0 saturated carbocycles. The lowest BCUT2D eigenvalue weighted by Gasteiger charge is -2.16. The standard InChI is InChI=1S/C8H11N3O2S/c9-8(14)11(10)4-5-2-1-3-6(12)7(5)13/h1-3,12-13H,4,10H2,(H2,9,14). The average molecular weight is 213 g/mol. The number of benzene rings is 1. The van der Waals surface area contributed by atoms with Crippen molar-refractivity contribution in [3.63, 3.8) is 0 Å². The normalized spacial score (nSPS) is 9.79. The maximum atomic E-state index is 9.41. The number of hydrogen-bond donors (Lipinski definition) is 4. The van der Waals surface area contributed by atoms with Crippen LogP contribution >= 0.6 is 12.2 Å². The number of hydrogen-bond acceptors (Lipinski definition) is 4. The summed E-state index contributed by atoms with van der Waals surface area (Å²) in [5, 5.41) is 19.7. The predicted molar refractivity (Wildman–Crippen MR) is 56.3 cm³/mol. The third-order valence-electron chi connectivity index (χ3n) is 1.72. The van der Waals surface area contributed by atoms with E-state index in [4.69, 9.17) is 11.6 Å². The molecule has 0 aliphatic heterocycles. The van der Waals surface area contributed by atoms with Crippen LogP contribution in [0.15, 0.2) is 18.2 Å². The van der Waals surface area contributed by atoms with Crippen LogP contribution in [0, 0.1) is 0 Å². The van der Waals surface area contributed by atoms with Crippen LogP contribution in [0.3, 0.4) is 0 Å². The molecule has 0 atom stereocenters. The molecule has 5 nitrogen and oxygen atoms in total. The van der Waals surface area contributed by atoms with Crippen LogP contribution in [0.1, 0.15) is 5.56 Å². The van der Waals surface area contributed by atoms with E-state index in [0.29, 0.717) is 5.56 Å². The van der Waals surface area contributed by atoms with E-state index in [1.54, 1.807) is 12.1 Å². The Hall–Kier alpha value is -1.53. The number of phenols is 2. The van der Waals surface area contributed by atoms with Crippen molar-refractivity contribution in [1.29, 1.82) is 0 Å². The number of nitrogens with zero attached hydrogens (tertiary/aromatic N) is 1. The maximum absolute atomic E-state index is 9.41. The van der Waals surface area contributed by atoms with Crippen LogP contribution < -0.4 is 11.6 Å². The second-order valence-corrected chi connectivity index (χ2v) is 3.17. The van der Waals surface area contributed by atoms with Gasteiger partial charge in [-0.1, -0.05) is 12.1 Å². The van der Waals surface area contributed by atoms with Gasteiger partial charge in [-0.15, -0.1) is 0 Å². The highest BCUT2D eigenvalue weighted by Gasteiger charge is 2.08. The van der Waals surface area contributed by atoms with Gasteiger partial charge in [0.05, 0.1) is 6.54 Å². The predicted octanol–water partition coefficient (Wildman–Crippen LogP) is 0.0171. The number of phenolic OH excluding ortho intramolecular Hbond substituents is 2. The zero-order chi connectivity index (χ0) is 10.7. The molecule has 0 unspecified atom stereocenters. The Balaban J connectivity index is 2.87. The summed E-state index contributed by atoms with van der Waals surface area (Å²) in [7, 11) is 0. The van der Waals surface area contributed by atoms with Crippen molar-refractivity contribution in [3.8, 4) is 11.5 Å². The van der Waals surface area contributed by atoms with Gasteiger partial charge in [0.25, 0.3) is 0 Å². The molecule has 0 saturated heterocycles. The minimum Gasteiger partial charge on any atom is -0.504 e. The molecule has 0 heterocycles. The summed E-state index contributed by atoms with van der Waals surface area (Å²) in [5.74, 6) is 5.04. The molecule has 0 fully saturated rings. The summed E-state index contributed by atoms with van der Waals surface area (Å²) in [4.78, 5) is 0. The molecule has 0 aliphatic rings. The number of rotatable bonds is 2. The lowest BCUT2D eigenvalue weighted by atomic mass is 10.2. The Kier molecular flexibility index (Phi) is 3.10. The summed E-state index contributed by atoms with van der Waals surface area (Å²) in [6, 6.07) is 4.59. The maximum Gasteiger partial charge on any atom is 0.180 e. The second kappa shape index (κ2) is 4.12. The summed E-state index contributed by atoms with van der Waals surface area (Å²) < 4.78 is 0. The van der Waals surface area contributed by atoms with Gasteiger partial charge in [0.2, 0.25) is 0 Å². The summed E-state index contributed by atoms with van der Waals surface area (Å²) >= 11 is 4.63. The van der Waals surface area contributed by atoms with Crippen LogP contribution in [-0.2, 0) is 6.54 Å². The fourth-order valence-electron chi connectivity index (χ4n) is 0.967. The Labute approximate surface area is 86.5 Å². The van der Waals surface area contributed by atoms with Crippen molar-refractivity contribution in [2.45, 2.75) is 6.54 Å². The molecule has 0 radical (unpaired) electrons. The van der Waals surface area contributed by atoms with E-state index in [1.807, 2.05) is 0 Å². The van der Waals surface area contributed by atoms with Gasteiger partial charge in [-0.25, -0.2) is 5.84 Å². The Bertz CT molecular complexity index is 356. The van der Waals surface area contributed by atoms with E-state index in [9.17, 15) is 10.2 Å². The Morgan fingerprint density at radius 3 is 2.64 bits per heavy atom. The van der Waals surface area contributed by atoms with E-state index >= 15 is 0 Å². The van der Waals surface area contributed by atoms with Gasteiger partial charge in [-0.2, -0.15) is 0 Å². The molecule has 0 aliphatic carbocycles. The fraction of sp³-hybridized carbons (Fsp3) is 0.125. The minimum atomic E-state index is -0.209. The average Bonchev–Trinajstić information content (AvgIpc) is 2.12. The monoisotopic (exact) mass is 213 g/mol. The first-order valence-corrected chi connectivity index (χ1v) is 4.24. The second-order valence-electron chi connectivity index (χ2n) is 2.75. The highest BCUT2D eigenvalue weighted by Crippen LogP contribution is 2.28. The molecule has 1 aromatic rings. The van der Waals surface area contributed by atoms with Crippen LogP contribution in [0.4, 0.5) is 0 Å². The first kappa shape index (κ1) is 10.6. The smallest absolute Gasteiger partial charge is 0.180 e. The highest BCUT2D eigenvalue weighted by atomic mass is 32.1. The zero-order valence-electron chi connectivity index (χ0n) is 7.34. The van der Waals surface area contributed by atoms with Gasteiger partial charge in [-0.05, 0) is 18.3 Å². The van der Waals surface area contributed by atoms with Crippen molar-refractivity contribution in [1.82, 2.24) is 5.01 Å². The first-order valence-electron chi connectivity index (χ1n) is 3.84. The topological polar surface area (TPSA) is 95.7 Å². The van der Waals surface area contributed by atoms with E-state index in [-0.39, 0.29) is 23.2 Å². The molecule has 1 rings (SSSR count). The van der Waals surface area contributed by atoms with E-state index in [1.165, 1.54) is 6.07 Å². The number of aromatic hydroxyl groups is 2. The minimum absolute atomic E-state index is 0.0211. The summed E-state index contributed by atoms with van der Waals surface area (Å²) in [5.41, 5.74) is 5.72. The summed E-state index contributed by atoms with van der Waals surface area (Å²) in [6.07, 6.45) is 0. The van der Waals surface area contributed by atoms with Crippen LogP contribution in [0.2, 0.25) is 0 Å². The zero-order valence-corrected chi connectivity index (χ0v) is 8.16. The van der Waals surface area contributed by atoms with Crippen molar-refractivity contribution in [2.24, 2.45) is 11.6 Å². The third kappa shape index (κ3) is 2.24. The van der Waals surface area contributed by atoms with Gasteiger partial charge in [0, 0.05) is 5.56 Å². The molecule has 76 valence electrons. The van der Waals surface area contributed by atoms with E-state index in [0.717, 1.165) is 5.01 Å². The van der Waals surface area contributed by atoms with Crippen molar-refractivity contribution in [2.75, 3.05) is 0 Å². The molecular formula is C8H11N3O2S. The molecule has 6 N–H and O–H groups in total. The van der Waals surface area contributed by atoms with Gasteiger partial charge in [-0.3, -0.25) is 5.01 Å². The van der Waals surface area contributed by atoms with Gasteiger partial charge >= 0.3 is 0 Å².